The van der Waals surface area contributed by atoms with E-state index in [-0.39, 0.29) is 5.67 Å². The predicted molar refractivity (Wildman–Crippen MR) is 89.5 cm³/mol. The summed E-state index contributed by atoms with van der Waals surface area (Å²) < 4.78 is 18.1. The Kier molecular flexibility index (Phi) is 9.85. The van der Waals surface area contributed by atoms with E-state index in [0.29, 0.717) is 19.8 Å². The lowest BCUT2D eigenvalue weighted by atomic mass is 10.4. The van der Waals surface area contributed by atoms with Crippen LogP contribution in [0.3, 0.4) is 0 Å². The van der Waals surface area contributed by atoms with Gasteiger partial charge in [-0.1, -0.05) is 6.92 Å². The highest BCUT2D eigenvalue weighted by Gasteiger charge is 2.51. The standard InChI is InChI=1S/C14H33N3O3Si/c1-9-13(17(8)14(15-5)16(6)7)21(18-10-2,19-11-3)20-12-4/h13H,9-12H2,1-8H3. The van der Waals surface area contributed by atoms with Gasteiger partial charge in [0.2, 0.25) is 0 Å². The van der Waals surface area contributed by atoms with E-state index in [4.69, 9.17) is 13.3 Å². The second-order valence-corrected chi connectivity index (χ2v) is 7.60. The van der Waals surface area contributed by atoms with Gasteiger partial charge in [-0.2, -0.15) is 0 Å². The fourth-order valence-electron chi connectivity index (χ4n) is 2.59. The largest absolute Gasteiger partial charge is 0.524 e. The van der Waals surface area contributed by atoms with Crippen molar-refractivity contribution in [3.8, 4) is 0 Å². The average molecular weight is 320 g/mol. The highest BCUT2D eigenvalue weighted by Crippen LogP contribution is 2.22. The van der Waals surface area contributed by atoms with E-state index in [9.17, 15) is 0 Å². The van der Waals surface area contributed by atoms with E-state index in [2.05, 4.69) is 16.8 Å². The Morgan fingerprint density at radius 3 is 1.62 bits per heavy atom. The molecule has 0 bridgehead atoms. The van der Waals surface area contributed by atoms with Crippen molar-refractivity contribution in [1.29, 1.82) is 0 Å². The molecule has 1 atom stereocenters. The van der Waals surface area contributed by atoms with Gasteiger partial charge in [0.1, 0.15) is 5.67 Å². The van der Waals surface area contributed by atoms with Crippen LogP contribution in [0.5, 0.6) is 0 Å². The second-order valence-electron chi connectivity index (χ2n) is 4.86. The number of guanidine groups is 1. The maximum absolute atomic E-state index is 6.04. The van der Waals surface area contributed by atoms with E-state index >= 15 is 0 Å². The molecular weight excluding hydrogens is 286 g/mol. The molecule has 0 aromatic rings. The quantitative estimate of drug-likeness (QED) is 0.369. The number of aliphatic imine (C=N–C) groups is 1. The second kappa shape index (κ2) is 10.2. The Morgan fingerprint density at radius 2 is 1.38 bits per heavy atom. The Hall–Kier alpha value is -0.633. The van der Waals surface area contributed by atoms with E-state index in [0.717, 1.165) is 12.4 Å². The van der Waals surface area contributed by atoms with Crippen LogP contribution in [-0.2, 0) is 13.3 Å². The van der Waals surface area contributed by atoms with E-state index in [1.165, 1.54) is 0 Å². The van der Waals surface area contributed by atoms with Gasteiger partial charge in [-0.05, 0) is 27.2 Å². The van der Waals surface area contributed by atoms with E-state index < -0.39 is 8.80 Å². The molecule has 0 aliphatic carbocycles. The molecule has 6 nitrogen and oxygen atoms in total. The summed E-state index contributed by atoms with van der Waals surface area (Å²) in [5.74, 6) is 0.887. The zero-order chi connectivity index (χ0) is 16.5. The zero-order valence-corrected chi connectivity index (χ0v) is 16.0. The summed E-state index contributed by atoms with van der Waals surface area (Å²) in [5, 5.41) is 0. The first-order chi connectivity index (χ1) is 9.93. The summed E-state index contributed by atoms with van der Waals surface area (Å²) in [6.45, 7) is 9.81. The van der Waals surface area contributed by atoms with Crippen LogP contribution in [0, 0.1) is 0 Å². The van der Waals surface area contributed by atoms with Crippen LogP contribution in [0.15, 0.2) is 4.99 Å². The molecular formula is C14H33N3O3Si. The molecule has 0 saturated carbocycles. The molecule has 0 fully saturated rings. The highest BCUT2D eigenvalue weighted by atomic mass is 28.4. The predicted octanol–water partition coefficient (Wildman–Crippen LogP) is 1.83. The van der Waals surface area contributed by atoms with Crippen LogP contribution in [0.25, 0.3) is 0 Å². The molecule has 0 aromatic heterocycles. The lowest BCUT2D eigenvalue weighted by molar-refractivity contribution is 0.0469. The van der Waals surface area contributed by atoms with Crippen molar-refractivity contribution in [1.82, 2.24) is 9.80 Å². The van der Waals surface area contributed by atoms with Gasteiger partial charge in [0, 0.05) is 48.0 Å². The van der Waals surface area contributed by atoms with Crippen LogP contribution < -0.4 is 0 Å². The van der Waals surface area contributed by atoms with Crippen LogP contribution >= 0.6 is 0 Å². The SMILES string of the molecule is CCO[Si](OCC)(OCC)C(CC)N(C)C(=NC)N(C)C. The number of hydrogen-bond donors (Lipinski definition) is 0. The molecule has 0 amide bonds. The maximum Gasteiger partial charge on any atom is 0.524 e. The van der Waals surface area contributed by atoms with Gasteiger partial charge in [0.25, 0.3) is 0 Å². The third kappa shape index (κ3) is 5.25. The molecule has 0 heterocycles. The molecule has 0 spiro atoms. The van der Waals surface area contributed by atoms with Gasteiger partial charge < -0.3 is 23.1 Å². The lowest BCUT2D eigenvalue weighted by Crippen LogP contribution is -2.64. The highest BCUT2D eigenvalue weighted by molar-refractivity contribution is 6.62. The minimum absolute atomic E-state index is 0.0402. The minimum atomic E-state index is -2.79. The Bertz CT molecular complexity index is 297. The van der Waals surface area contributed by atoms with Crippen LogP contribution in [0.4, 0.5) is 0 Å². The smallest absolute Gasteiger partial charge is 0.373 e. The number of rotatable bonds is 9. The molecule has 0 radical (unpaired) electrons. The van der Waals surface area contributed by atoms with Crippen molar-refractivity contribution < 1.29 is 13.3 Å². The lowest BCUT2D eigenvalue weighted by Gasteiger charge is -2.41. The van der Waals surface area contributed by atoms with Gasteiger partial charge in [-0.3, -0.25) is 4.99 Å². The maximum atomic E-state index is 6.04. The molecule has 0 aliphatic rings. The summed E-state index contributed by atoms with van der Waals surface area (Å²) >= 11 is 0. The number of hydrogen-bond acceptors (Lipinski definition) is 4. The van der Waals surface area contributed by atoms with E-state index in [1.54, 1.807) is 7.05 Å². The molecule has 126 valence electrons. The normalized spacial score (nSPS) is 14.2. The monoisotopic (exact) mass is 319 g/mol. The summed E-state index contributed by atoms with van der Waals surface area (Å²) in [7, 11) is 4.99. The zero-order valence-electron chi connectivity index (χ0n) is 15.0. The van der Waals surface area contributed by atoms with Gasteiger partial charge in [-0.25, -0.2) is 0 Å². The first-order valence-corrected chi connectivity index (χ1v) is 9.52. The van der Waals surface area contributed by atoms with Crippen molar-refractivity contribution in [3.05, 3.63) is 0 Å². The summed E-state index contributed by atoms with van der Waals surface area (Å²) in [4.78, 5) is 8.48. The van der Waals surface area contributed by atoms with Crippen LogP contribution in [-0.4, -0.2) is 78.2 Å². The van der Waals surface area contributed by atoms with Crippen molar-refractivity contribution >= 4 is 14.8 Å². The van der Waals surface area contributed by atoms with Gasteiger partial charge >= 0.3 is 8.80 Å². The molecule has 21 heavy (non-hydrogen) atoms. The van der Waals surface area contributed by atoms with Crippen molar-refractivity contribution in [2.24, 2.45) is 4.99 Å². The van der Waals surface area contributed by atoms with Crippen molar-refractivity contribution in [2.45, 2.75) is 39.8 Å². The summed E-state index contributed by atoms with van der Waals surface area (Å²) in [6, 6.07) is 0. The van der Waals surface area contributed by atoms with Crippen LogP contribution in [0.2, 0.25) is 0 Å². The fourth-order valence-corrected chi connectivity index (χ4v) is 5.71. The summed E-state index contributed by atoms with van der Waals surface area (Å²) in [5.41, 5.74) is 0.0402. The molecule has 0 aliphatic heterocycles. The van der Waals surface area contributed by atoms with Gasteiger partial charge in [-0.15, -0.1) is 0 Å². The first-order valence-electron chi connectivity index (χ1n) is 7.72. The van der Waals surface area contributed by atoms with Gasteiger partial charge in [0.05, 0.1) is 0 Å². The molecule has 0 saturated heterocycles. The minimum Gasteiger partial charge on any atom is -0.373 e. The Morgan fingerprint density at radius 1 is 0.952 bits per heavy atom. The van der Waals surface area contributed by atoms with Crippen LogP contribution in [0.1, 0.15) is 34.1 Å². The Balaban J connectivity index is 5.56. The summed E-state index contributed by atoms with van der Waals surface area (Å²) in [6.07, 6.45) is 0.871. The fraction of sp³-hybridized carbons (Fsp3) is 0.929. The van der Waals surface area contributed by atoms with Gasteiger partial charge in [0.15, 0.2) is 5.96 Å². The third-order valence-electron chi connectivity index (χ3n) is 3.21. The van der Waals surface area contributed by atoms with Crippen molar-refractivity contribution in [2.75, 3.05) is 48.0 Å². The van der Waals surface area contributed by atoms with Crippen molar-refractivity contribution in [3.63, 3.8) is 0 Å². The Labute approximate surface area is 131 Å². The molecule has 0 rings (SSSR count). The average Bonchev–Trinajstić information content (AvgIpc) is 2.40. The molecule has 7 heteroatoms. The first kappa shape index (κ1) is 20.4. The molecule has 1 unspecified atom stereocenters. The number of nitrogens with zero attached hydrogens (tertiary/aromatic N) is 3. The molecule has 0 aromatic carbocycles. The van der Waals surface area contributed by atoms with E-state index in [1.807, 2.05) is 46.8 Å². The topological polar surface area (TPSA) is 46.5 Å². The molecule has 0 N–H and O–H groups in total. The third-order valence-corrected chi connectivity index (χ3v) is 6.90.